The van der Waals surface area contributed by atoms with E-state index in [1.165, 1.54) is 4.88 Å². The molecule has 7 heteroatoms. The van der Waals surface area contributed by atoms with Gasteiger partial charge in [-0.2, -0.15) is 0 Å². The van der Waals surface area contributed by atoms with Gasteiger partial charge in [-0.25, -0.2) is 4.98 Å². The Hall–Kier alpha value is -1.21. The van der Waals surface area contributed by atoms with Gasteiger partial charge in [0, 0.05) is 36.9 Å². The van der Waals surface area contributed by atoms with Gasteiger partial charge >= 0.3 is 0 Å². The molecule has 0 aromatic carbocycles. The summed E-state index contributed by atoms with van der Waals surface area (Å²) in [5, 5.41) is 10.4. The molecule has 1 atom stereocenters. The van der Waals surface area contributed by atoms with Crippen molar-refractivity contribution in [3.8, 4) is 0 Å². The van der Waals surface area contributed by atoms with E-state index in [-0.39, 0.29) is 11.5 Å². The topological polar surface area (TPSA) is 52.5 Å². The van der Waals surface area contributed by atoms with Crippen LogP contribution >= 0.6 is 22.9 Å². The normalized spacial score (nSPS) is 23.9. The minimum Gasteiger partial charge on any atom is -0.391 e. The lowest BCUT2D eigenvalue weighted by Gasteiger charge is -2.49. The molecule has 2 saturated heterocycles. The Labute approximate surface area is 157 Å². The molecule has 1 N–H and O–H groups in total. The molecule has 2 aliphatic rings. The van der Waals surface area contributed by atoms with Crippen LogP contribution in [-0.4, -0.2) is 52.3 Å². The van der Waals surface area contributed by atoms with Crippen LogP contribution in [0, 0.1) is 5.41 Å². The van der Waals surface area contributed by atoms with Crippen LogP contribution < -0.4 is 4.90 Å². The van der Waals surface area contributed by atoms with E-state index in [2.05, 4.69) is 25.8 Å². The molecule has 2 aromatic rings. The third kappa shape index (κ3) is 3.97. The molecule has 25 heavy (non-hydrogen) atoms. The zero-order chi connectivity index (χ0) is 17.3. The first-order chi connectivity index (χ1) is 12.1. The van der Waals surface area contributed by atoms with E-state index < -0.39 is 0 Å². The summed E-state index contributed by atoms with van der Waals surface area (Å²) in [6, 6.07) is 4.10. The molecule has 2 fully saturated rings. The zero-order valence-electron chi connectivity index (χ0n) is 14.1. The van der Waals surface area contributed by atoms with Gasteiger partial charge < -0.3 is 10.0 Å². The molecule has 2 aliphatic heterocycles. The van der Waals surface area contributed by atoms with Crippen molar-refractivity contribution in [2.24, 2.45) is 5.41 Å². The highest BCUT2D eigenvalue weighted by Gasteiger charge is 2.41. The Morgan fingerprint density at radius 2 is 2.12 bits per heavy atom. The van der Waals surface area contributed by atoms with Crippen LogP contribution in [0.4, 0.5) is 5.82 Å². The number of thiophene rings is 1. The van der Waals surface area contributed by atoms with Gasteiger partial charge in [0.05, 0.1) is 16.6 Å². The van der Waals surface area contributed by atoms with Crippen molar-refractivity contribution < 1.29 is 5.11 Å². The Balaban J connectivity index is 1.40. The highest BCUT2D eigenvalue weighted by Crippen LogP contribution is 2.41. The summed E-state index contributed by atoms with van der Waals surface area (Å²) in [6.07, 6.45) is 8.02. The van der Waals surface area contributed by atoms with Crippen molar-refractivity contribution in [2.75, 3.05) is 31.1 Å². The number of aliphatic hydroxyl groups excluding tert-OH is 1. The highest BCUT2D eigenvalue weighted by molar-refractivity contribution is 7.16. The van der Waals surface area contributed by atoms with Crippen LogP contribution in [0.3, 0.4) is 0 Å². The highest BCUT2D eigenvalue weighted by atomic mass is 35.5. The molecular weight excluding hydrogens is 356 g/mol. The van der Waals surface area contributed by atoms with Gasteiger partial charge in [-0.15, -0.1) is 11.3 Å². The first-order valence-electron chi connectivity index (χ1n) is 8.78. The van der Waals surface area contributed by atoms with E-state index in [1.54, 1.807) is 29.9 Å². The maximum Gasteiger partial charge on any atom is 0.147 e. The van der Waals surface area contributed by atoms with Crippen LogP contribution in [0.1, 0.15) is 24.1 Å². The molecule has 5 nitrogen and oxygen atoms in total. The maximum atomic E-state index is 10.4. The summed E-state index contributed by atoms with van der Waals surface area (Å²) in [5.41, 5.74) is 0.179. The van der Waals surface area contributed by atoms with Crippen molar-refractivity contribution in [3.05, 3.63) is 39.9 Å². The number of aliphatic hydroxyl groups is 1. The number of hydrogen-bond acceptors (Lipinski definition) is 6. The average molecular weight is 379 g/mol. The zero-order valence-corrected chi connectivity index (χ0v) is 15.7. The number of nitrogens with zero attached hydrogens (tertiary/aromatic N) is 4. The van der Waals surface area contributed by atoms with E-state index in [4.69, 9.17) is 11.6 Å². The third-order valence-corrected chi connectivity index (χ3v) is 6.64. The fourth-order valence-electron chi connectivity index (χ4n) is 4.19. The Kier molecular flexibility index (Phi) is 4.95. The number of hydrogen-bond donors (Lipinski definition) is 1. The second-order valence-electron chi connectivity index (χ2n) is 7.28. The van der Waals surface area contributed by atoms with Gasteiger partial charge in [0.15, 0.2) is 0 Å². The van der Waals surface area contributed by atoms with Crippen LogP contribution in [0.5, 0.6) is 0 Å². The van der Waals surface area contributed by atoms with Gasteiger partial charge in [0.2, 0.25) is 0 Å². The number of piperidine rings is 2. The molecule has 0 aliphatic carbocycles. The minimum atomic E-state index is -0.293. The first-order valence-corrected chi connectivity index (χ1v) is 9.97. The van der Waals surface area contributed by atoms with Crippen molar-refractivity contribution in [1.29, 1.82) is 0 Å². The maximum absolute atomic E-state index is 10.4. The SMILES string of the molecule is OC1CN(c2cnccn2)CC2(CCN(Cc3ccc(Cl)s3)CC2)C1. The summed E-state index contributed by atoms with van der Waals surface area (Å²) in [4.78, 5) is 14.6. The lowest BCUT2D eigenvalue weighted by Crippen LogP contribution is -2.54. The van der Waals surface area contributed by atoms with Crippen LogP contribution in [-0.2, 0) is 6.54 Å². The predicted octanol–water partition coefficient (Wildman–Crippen LogP) is 3.04. The molecule has 1 spiro atoms. The molecule has 0 bridgehead atoms. The standard InChI is InChI=1S/C18H23ClN4OS/c19-16-2-1-15(25-16)12-22-7-3-18(4-8-22)9-14(24)11-23(13-18)17-10-20-5-6-21-17/h1-2,5-6,10,14,24H,3-4,7-9,11-13H2. The van der Waals surface area contributed by atoms with Gasteiger partial charge in [0.1, 0.15) is 5.82 Å². The van der Waals surface area contributed by atoms with Gasteiger partial charge in [-0.3, -0.25) is 9.88 Å². The number of aromatic nitrogens is 2. The molecule has 0 amide bonds. The molecule has 2 aromatic heterocycles. The van der Waals surface area contributed by atoms with Crippen molar-refractivity contribution in [3.63, 3.8) is 0 Å². The predicted molar refractivity (Wildman–Crippen MR) is 101 cm³/mol. The minimum absolute atomic E-state index is 0.179. The number of likely N-dealkylation sites (tertiary alicyclic amines) is 1. The second kappa shape index (κ2) is 7.19. The molecule has 4 rings (SSSR count). The molecule has 0 saturated carbocycles. The largest absolute Gasteiger partial charge is 0.391 e. The van der Waals surface area contributed by atoms with Crippen molar-refractivity contribution in [1.82, 2.24) is 14.9 Å². The fraction of sp³-hybridized carbons (Fsp3) is 0.556. The lowest BCUT2D eigenvalue weighted by molar-refractivity contribution is 0.0246. The molecule has 1 unspecified atom stereocenters. The van der Waals surface area contributed by atoms with E-state index in [1.807, 2.05) is 6.07 Å². The van der Waals surface area contributed by atoms with E-state index in [0.717, 1.165) is 55.6 Å². The summed E-state index contributed by atoms with van der Waals surface area (Å²) < 4.78 is 0.860. The second-order valence-corrected chi connectivity index (χ2v) is 9.08. The first kappa shape index (κ1) is 17.2. The van der Waals surface area contributed by atoms with Gasteiger partial charge in [-0.05, 0) is 49.9 Å². The Morgan fingerprint density at radius 1 is 1.28 bits per heavy atom. The van der Waals surface area contributed by atoms with Crippen molar-refractivity contribution in [2.45, 2.75) is 31.9 Å². The lowest BCUT2D eigenvalue weighted by atomic mass is 9.71. The van der Waals surface area contributed by atoms with E-state index in [0.29, 0.717) is 6.54 Å². The smallest absolute Gasteiger partial charge is 0.147 e. The number of halogens is 1. The number of rotatable bonds is 3. The molecule has 134 valence electrons. The summed E-state index contributed by atoms with van der Waals surface area (Å²) >= 11 is 7.71. The number of β-amino-alcohol motifs (C(OH)–C–C–N with tert-alkyl or cyclic N) is 1. The summed E-state index contributed by atoms with van der Waals surface area (Å²) in [7, 11) is 0. The van der Waals surface area contributed by atoms with E-state index >= 15 is 0 Å². The monoisotopic (exact) mass is 378 g/mol. The van der Waals surface area contributed by atoms with Gasteiger partial charge in [-0.1, -0.05) is 11.6 Å². The average Bonchev–Trinajstić information content (AvgIpc) is 3.02. The van der Waals surface area contributed by atoms with Crippen LogP contribution in [0.2, 0.25) is 4.34 Å². The van der Waals surface area contributed by atoms with Crippen LogP contribution in [0.15, 0.2) is 30.7 Å². The van der Waals surface area contributed by atoms with Crippen LogP contribution in [0.25, 0.3) is 0 Å². The Bertz CT molecular complexity index is 702. The molecule has 0 radical (unpaired) electrons. The third-order valence-electron chi connectivity index (χ3n) is 5.42. The van der Waals surface area contributed by atoms with E-state index in [9.17, 15) is 5.11 Å². The van der Waals surface area contributed by atoms with Crippen molar-refractivity contribution >= 4 is 28.8 Å². The fourth-order valence-corrected chi connectivity index (χ4v) is 5.32. The quantitative estimate of drug-likeness (QED) is 0.889. The summed E-state index contributed by atoms with van der Waals surface area (Å²) in [6.45, 7) is 4.72. The van der Waals surface area contributed by atoms with Gasteiger partial charge in [0.25, 0.3) is 0 Å². The molecule has 4 heterocycles. The summed E-state index contributed by atoms with van der Waals surface area (Å²) in [5.74, 6) is 0.872. The number of anilines is 1. The Morgan fingerprint density at radius 3 is 2.80 bits per heavy atom. The molecular formula is C18H23ClN4OS.